The second-order valence-corrected chi connectivity index (χ2v) is 8.66. The van der Waals surface area contributed by atoms with Crippen LogP contribution < -0.4 is 4.74 Å². The predicted molar refractivity (Wildman–Crippen MR) is 125 cm³/mol. The zero-order chi connectivity index (χ0) is 21.3. The fourth-order valence-electron chi connectivity index (χ4n) is 2.70. The van der Waals surface area contributed by atoms with Crippen LogP contribution in [-0.4, -0.2) is 33.4 Å². The van der Waals surface area contributed by atoms with Crippen LogP contribution >= 0.6 is 35.1 Å². The maximum atomic E-state index is 12.5. The van der Waals surface area contributed by atoms with E-state index in [0.717, 1.165) is 27.9 Å². The fourth-order valence-corrected chi connectivity index (χ4v) is 4.82. The van der Waals surface area contributed by atoms with Crippen molar-refractivity contribution in [3.8, 4) is 5.75 Å². The summed E-state index contributed by atoms with van der Waals surface area (Å²) in [5, 5.41) is 10.1. The van der Waals surface area contributed by atoms with E-state index >= 15 is 0 Å². The number of benzene rings is 2. The van der Waals surface area contributed by atoms with Crippen LogP contribution in [0.5, 0.6) is 5.75 Å². The van der Waals surface area contributed by atoms with Crippen molar-refractivity contribution in [1.82, 2.24) is 14.8 Å². The number of hydrogen-bond acceptors (Lipinski definition) is 6. The molecule has 3 rings (SSSR count). The van der Waals surface area contributed by atoms with Gasteiger partial charge in [-0.2, -0.15) is 0 Å². The van der Waals surface area contributed by atoms with Crippen molar-refractivity contribution in [2.24, 2.45) is 0 Å². The molecular formula is C22H22ClN3O2S2. The van der Waals surface area contributed by atoms with E-state index in [4.69, 9.17) is 16.3 Å². The Morgan fingerprint density at radius 1 is 1.17 bits per heavy atom. The zero-order valence-electron chi connectivity index (χ0n) is 16.6. The number of ketones is 1. The number of ether oxygens (including phenoxy) is 1. The smallest absolute Gasteiger partial charge is 0.191 e. The minimum Gasteiger partial charge on any atom is -0.497 e. The molecule has 0 aliphatic rings. The number of aromatic nitrogens is 3. The molecule has 156 valence electrons. The van der Waals surface area contributed by atoms with E-state index in [2.05, 4.69) is 16.8 Å². The van der Waals surface area contributed by atoms with E-state index in [1.165, 1.54) is 11.8 Å². The minimum atomic E-state index is 0.0328. The monoisotopic (exact) mass is 459 g/mol. The third-order valence-electron chi connectivity index (χ3n) is 4.30. The van der Waals surface area contributed by atoms with E-state index in [1.54, 1.807) is 49.2 Å². The van der Waals surface area contributed by atoms with Gasteiger partial charge in [0, 0.05) is 22.9 Å². The van der Waals surface area contributed by atoms with Crippen molar-refractivity contribution in [2.75, 3.05) is 12.9 Å². The summed E-state index contributed by atoms with van der Waals surface area (Å²) >= 11 is 9.33. The molecule has 0 amide bonds. The Morgan fingerprint density at radius 3 is 2.63 bits per heavy atom. The average Bonchev–Trinajstić information content (AvgIpc) is 3.15. The van der Waals surface area contributed by atoms with Gasteiger partial charge in [0.25, 0.3) is 0 Å². The van der Waals surface area contributed by atoms with Gasteiger partial charge in [-0.15, -0.1) is 28.5 Å². The molecule has 5 nitrogen and oxygen atoms in total. The third kappa shape index (κ3) is 5.90. The Bertz CT molecular complexity index is 1010. The molecule has 0 saturated carbocycles. The number of carbonyl (C=O) groups excluding carboxylic acids is 1. The molecule has 30 heavy (non-hydrogen) atoms. The van der Waals surface area contributed by atoms with E-state index in [-0.39, 0.29) is 11.5 Å². The topological polar surface area (TPSA) is 57.0 Å². The summed E-state index contributed by atoms with van der Waals surface area (Å²) in [6, 6.07) is 14.9. The number of rotatable bonds is 11. The van der Waals surface area contributed by atoms with Crippen molar-refractivity contribution in [3.63, 3.8) is 0 Å². The van der Waals surface area contributed by atoms with Gasteiger partial charge >= 0.3 is 0 Å². The number of methoxy groups -OCH3 is 1. The highest BCUT2D eigenvalue weighted by Crippen LogP contribution is 2.25. The molecule has 8 heteroatoms. The molecule has 0 bridgehead atoms. The third-order valence-corrected chi connectivity index (χ3v) is 6.61. The Morgan fingerprint density at radius 2 is 1.93 bits per heavy atom. The summed E-state index contributed by atoms with van der Waals surface area (Å²) in [4.78, 5) is 12.5. The molecule has 1 aromatic heterocycles. The molecular weight excluding hydrogens is 438 g/mol. The lowest BCUT2D eigenvalue weighted by atomic mass is 10.1. The van der Waals surface area contributed by atoms with Gasteiger partial charge in [0.05, 0.1) is 18.6 Å². The maximum absolute atomic E-state index is 12.5. The first-order valence-corrected chi connectivity index (χ1v) is 11.8. The number of allylic oxidation sites excluding steroid dienone is 1. The van der Waals surface area contributed by atoms with E-state index in [9.17, 15) is 4.79 Å². The summed E-state index contributed by atoms with van der Waals surface area (Å²) in [6.45, 7) is 4.42. The number of hydrogen-bond donors (Lipinski definition) is 0. The Kier molecular flexibility index (Phi) is 8.42. The summed E-state index contributed by atoms with van der Waals surface area (Å²) in [6.07, 6.45) is 1.81. The van der Waals surface area contributed by atoms with Crippen molar-refractivity contribution in [2.45, 2.75) is 23.2 Å². The number of nitrogens with zero attached hydrogens (tertiary/aromatic N) is 3. The van der Waals surface area contributed by atoms with Crippen molar-refractivity contribution >= 4 is 40.9 Å². The largest absolute Gasteiger partial charge is 0.497 e. The summed E-state index contributed by atoms with van der Waals surface area (Å²) in [5.41, 5.74) is 1.74. The Balaban J connectivity index is 1.61. The lowest BCUT2D eigenvalue weighted by molar-refractivity contribution is 0.102. The fraction of sp³-hybridized carbons (Fsp3) is 0.227. The van der Waals surface area contributed by atoms with Crippen LogP contribution in [0.4, 0.5) is 0 Å². The van der Waals surface area contributed by atoms with Gasteiger partial charge in [0.15, 0.2) is 10.9 Å². The Labute approximate surface area is 189 Å². The van der Waals surface area contributed by atoms with Crippen LogP contribution in [-0.2, 0) is 18.1 Å². The lowest BCUT2D eigenvalue weighted by Crippen LogP contribution is -2.06. The van der Waals surface area contributed by atoms with E-state index < -0.39 is 0 Å². The minimum absolute atomic E-state index is 0.0328. The van der Waals surface area contributed by atoms with Crippen molar-refractivity contribution in [3.05, 3.63) is 83.2 Å². The summed E-state index contributed by atoms with van der Waals surface area (Å²) < 4.78 is 7.13. The predicted octanol–water partition coefficient (Wildman–Crippen LogP) is 5.53. The molecule has 0 atom stereocenters. The van der Waals surface area contributed by atoms with Crippen LogP contribution in [0.2, 0.25) is 5.02 Å². The quantitative estimate of drug-likeness (QED) is 0.213. The van der Waals surface area contributed by atoms with Crippen LogP contribution in [0.1, 0.15) is 21.7 Å². The van der Waals surface area contributed by atoms with Gasteiger partial charge in [-0.05, 0) is 35.9 Å². The standard InChI is InChI=1S/C22H22ClN3O2S2/c1-3-12-26-21(15-29-13-17-6-4-5-7-19(17)23)24-25-22(26)30-14-20(27)16-8-10-18(28-2)11-9-16/h3-11H,1,12-15H2,2H3. The van der Waals surface area contributed by atoms with Crippen LogP contribution in [0.3, 0.4) is 0 Å². The molecule has 0 fully saturated rings. The molecule has 2 aromatic carbocycles. The second-order valence-electron chi connectivity index (χ2n) is 6.32. The Hall–Kier alpha value is -2.22. The number of halogens is 1. The highest BCUT2D eigenvalue weighted by molar-refractivity contribution is 7.99. The van der Waals surface area contributed by atoms with Gasteiger partial charge in [0.1, 0.15) is 11.6 Å². The van der Waals surface area contributed by atoms with Crippen LogP contribution in [0, 0.1) is 0 Å². The van der Waals surface area contributed by atoms with Gasteiger partial charge in [-0.3, -0.25) is 4.79 Å². The molecule has 0 radical (unpaired) electrons. The number of Topliss-reactive ketones (excluding diaryl/α,β-unsaturated/α-hetero) is 1. The zero-order valence-corrected chi connectivity index (χ0v) is 19.0. The molecule has 0 saturated heterocycles. The normalized spacial score (nSPS) is 10.7. The van der Waals surface area contributed by atoms with Gasteiger partial charge in [0.2, 0.25) is 0 Å². The van der Waals surface area contributed by atoms with Gasteiger partial charge < -0.3 is 9.30 Å². The molecule has 0 N–H and O–H groups in total. The second kappa shape index (κ2) is 11.2. The van der Waals surface area contributed by atoms with E-state index in [1.807, 2.05) is 28.8 Å². The highest BCUT2D eigenvalue weighted by atomic mass is 35.5. The SMILES string of the molecule is C=CCn1c(CSCc2ccccc2Cl)nnc1SCC(=O)c1ccc(OC)cc1. The first-order chi connectivity index (χ1) is 14.6. The highest BCUT2D eigenvalue weighted by Gasteiger charge is 2.15. The molecule has 3 aromatic rings. The molecule has 1 heterocycles. The molecule has 0 spiro atoms. The van der Waals surface area contributed by atoms with Crippen molar-refractivity contribution in [1.29, 1.82) is 0 Å². The van der Waals surface area contributed by atoms with Crippen LogP contribution in [0.25, 0.3) is 0 Å². The lowest BCUT2D eigenvalue weighted by Gasteiger charge is -2.08. The van der Waals surface area contributed by atoms with Gasteiger partial charge in [-0.25, -0.2) is 0 Å². The first-order valence-electron chi connectivity index (χ1n) is 9.26. The van der Waals surface area contributed by atoms with Crippen LogP contribution in [0.15, 0.2) is 66.3 Å². The number of carbonyl (C=O) groups is 1. The first kappa shape index (κ1) is 22.5. The summed E-state index contributed by atoms with van der Waals surface area (Å²) in [5.74, 6) is 3.38. The van der Waals surface area contributed by atoms with Crippen molar-refractivity contribution < 1.29 is 9.53 Å². The molecule has 0 aliphatic carbocycles. The average molecular weight is 460 g/mol. The molecule has 0 aliphatic heterocycles. The van der Waals surface area contributed by atoms with Gasteiger partial charge in [-0.1, -0.05) is 47.6 Å². The summed E-state index contributed by atoms with van der Waals surface area (Å²) in [7, 11) is 1.60. The van der Waals surface area contributed by atoms with E-state index in [0.29, 0.717) is 23.0 Å². The maximum Gasteiger partial charge on any atom is 0.191 e. The molecule has 0 unspecified atom stereocenters. The number of thioether (sulfide) groups is 2.